The van der Waals surface area contributed by atoms with E-state index in [9.17, 15) is 9.59 Å². The lowest BCUT2D eigenvalue weighted by Gasteiger charge is -2.21. The average Bonchev–Trinajstić information content (AvgIpc) is 3.32. The highest BCUT2D eigenvalue weighted by Crippen LogP contribution is 2.34. The molecule has 0 saturated heterocycles. The highest BCUT2D eigenvalue weighted by molar-refractivity contribution is 7.99. The second kappa shape index (κ2) is 10.1. The number of nitrogens with one attached hydrogen (secondary N) is 1. The van der Waals surface area contributed by atoms with Gasteiger partial charge in [-0.05, 0) is 32.1 Å². The first kappa shape index (κ1) is 21.0. The molecule has 0 bridgehead atoms. The molecule has 0 radical (unpaired) electrons. The third-order valence-electron chi connectivity index (χ3n) is 6.76. The molecule has 1 amide bonds. The van der Waals surface area contributed by atoms with Crippen LogP contribution in [-0.4, -0.2) is 27.3 Å². The molecule has 1 N–H and O–H groups in total. The van der Waals surface area contributed by atoms with E-state index in [2.05, 4.69) is 5.32 Å². The fourth-order valence-corrected chi connectivity index (χ4v) is 6.26. The summed E-state index contributed by atoms with van der Waals surface area (Å²) in [6.07, 6.45) is 17.1. The van der Waals surface area contributed by atoms with Gasteiger partial charge in [0, 0.05) is 23.8 Å². The van der Waals surface area contributed by atoms with E-state index in [1.165, 1.54) is 57.8 Å². The van der Waals surface area contributed by atoms with Crippen LogP contribution in [0.25, 0.3) is 0 Å². The van der Waals surface area contributed by atoms with Gasteiger partial charge in [-0.1, -0.05) is 69.5 Å². The normalized spacial score (nSPS) is 23.7. The van der Waals surface area contributed by atoms with Gasteiger partial charge in [0.1, 0.15) is 0 Å². The Balaban J connectivity index is 1.35. The Morgan fingerprint density at radius 2 is 1.62 bits per heavy atom. The summed E-state index contributed by atoms with van der Waals surface area (Å²) >= 11 is 1.63. The summed E-state index contributed by atoms with van der Waals surface area (Å²) in [6.45, 7) is 0. The van der Waals surface area contributed by atoms with Crippen LogP contribution < -0.4 is 10.9 Å². The van der Waals surface area contributed by atoms with Gasteiger partial charge in [0.25, 0.3) is 5.56 Å². The molecule has 29 heavy (non-hydrogen) atoms. The smallest absolute Gasteiger partial charge is 0.257 e. The fraction of sp³-hybridized carbons (Fsp3) is 0.783. The molecule has 0 spiro atoms. The Morgan fingerprint density at radius 3 is 2.31 bits per heavy atom. The van der Waals surface area contributed by atoms with Crippen molar-refractivity contribution in [3.05, 3.63) is 21.6 Å². The first-order valence-electron chi connectivity index (χ1n) is 11.8. The van der Waals surface area contributed by atoms with Crippen LogP contribution in [0.5, 0.6) is 0 Å². The number of aromatic nitrogens is 2. The minimum Gasteiger partial charge on any atom is -0.353 e. The Kier molecular flexibility index (Phi) is 7.33. The van der Waals surface area contributed by atoms with Gasteiger partial charge in [-0.25, -0.2) is 4.98 Å². The minimum atomic E-state index is -0.0489. The lowest BCUT2D eigenvalue weighted by atomic mass is 9.97. The van der Waals surface area contributed by atoms with Gasteiger partial charge >= 0.3 is 0 Å². The number of thioether (sulfide) groups is 1. The van der Waals surface area contributed by atoms with Gasteiger partial charge in [0.15, 0.2) is 5.16 Å². The summed E-state index contributed by atoms with van der Waals surface area (Å²) in [5.74, 6) is 0.886. The number of carbonyl (C=O) groups excluding carboxylic acids is 1. The molecule has 3 aliphatic rings. The summed E-state index contributed by atoms with van der Waals surface area (Å²) in [4.78, 5) is 30.5. The molecule has 1 aromatic rings. The number of hydrogen-bond acceptors (Lipinski definition) is 4. The number of fused-ring (bicyclic) bond motifs is 2. The van der Waals surface area contributed by atoms with Crippen LogP contribution in [0.3, 0.4) is 0 Å². The number of aryl methyl sites for hydroxylation is 1. The Hall–Kier alpha value is -1.30. The second-order valence-corrected chi connectivity index (χ2v) is 10.0. The molecule has 1 unspecified atom stereocenters. The molecule has 2 heterocycles. The van der Waals surface area contributed by atoms with Gasteiger partial charge in [-0.3, -0.25) is 14.2 Å². The van der Waals surface area contributed by atoms with E-state index < -0.39 is 0 Å². The largest absolute Gasteiger partial charge is 0.353 e. The SMILES string of the molecule is O=C(CC1CSc2nc3c(c(=O)n21)CCC3)NC1CCCCCCCCCCC1. The average molecular weight is 418 g/mol. The van der Waals surface area contributed by atoms with Crippen LogP contribution in [0.2, 0.25) is 0 Å². The van der Waals surface area contributed by atoms with Gasteiger partial charge in [-0.15, -0.1) is 0 Å². The molecule has 5 nitrogen and oxygen atoms in total. The zero-order valence-electron chi connectivity index (χ0n) is 17.6. The van der Waals surface area contributed by atoms with E-state index in [0.717, 1.165) is 54.3 Å². The second-order valence-electron chi connectivity index (χ2n) is 9.04. The van der Waals surface area contributed by atoms with Crippen molar-refractivity contribution in [3.63, 3.8) is 0 Å². The first-order valence-corrected chi connectivity index (χ1v) is 12.8. The lowest BCUT2D eigenvalue weighted by molar-refractivity contribution is -0.122. The summed E-state index contributed by atoms with van der Waals surface area (Å²) in [7, 11) is 0. The molecule has 1 aliphatic heterocycles. The number of nitrogens with zero attached hydrogens (tertiary/aromatic N) is 2. The van der Waals surface area contributed by atoms with Crippen molar-refractivity contribution >= 4 is 17.7 Å². The zero-order valence-corrected chi connectivity index (χ0v) is 18.4. The van der Waals surface area contributed by atoms with Crippen molar-refractivity contribution in [2.45, 2.75) is 114 Å². The maximum Gasteiger partial charge on any atom is 0.257 e. The predicted molar refractivity (Wildman–Crippen MR) is 118 cm³/mol. The molecule has 1 aromatic heterocycles. The van der Waals surface area contributed by atoms with Crippen molar-refractivity contribution in [1.29, 1.82) is 0 Å². The van der Waals surface area contributed by atoms with Crippen molar-refractivity contribution in [3.8, 4) is 0 Å². The fourth-order valence-electron chi connectivity index (χ4n) is 5.11. The number of rotatable bonds is 3. The van der Waals surface area contributed by atoms with Gasteiger partial charge < -0.3 is 5.32 Å². The highest BCUT2D eigenvalue weighted by atomic mass is 32.2. The van der Waals surface area contributed by atoms with Gasteiger partial charge in [0.2, 0.25) is 5.91 Å². The van der Waals surface area contributed by atoms with Crippen LogP contribution in [0, 0.1) is 0 Å². The molecule has 1 saturated carbocycles. The minimum absolute atomic E-state index is 0.0489. The van der Waals surface area contributed by atoms with Crippen molar-refractivity contribution < 1.29 is 4.79 Å². The maximum atomic E-state index is 12.9. The van der Waals surface area contributed by atoms with E-state index in [1.54, 1.807) is 11.8 Å². The van der Waals surface area contributed by atoms with E-state index in [0.29, 0.717) is 12.5 Å². The predicted octanol–water partition coefficient (Wildman–Crippen LogP) is 4.56. The van der Waals surface area contributed by atoms with Crippen LogP contribution >= 0.6 is 11.8 Å². The van der Waals surface area contributed by atoms with Crippen molar-refractivity contribution in [2.24, 2.45) is 0 Å². The molecule has 2 aliphatic carbocycles. The summed E-state index contributed by atoms with van der Waals surface area (Å²) in [5.41, 5.74) is 1.99. The molecular weight excluding hydrogens is 382 g/mol. The summed E-state index contributed by atoms with van der Waals surface area (Å²) in [6, 6.07) is 0.248. The van der Waals surface area contributed by atoms with E-state index in [1.807, 2.05) is 4.57 Å². The molecule has 4 rings (SSSR count). The standard InChI is InChI=1S/C23H35N3O2S/c27-21(24-17-11-8-6-4-2-1-3-5-7-9-12-17)15-18-16-29-23-25-20-14-10-13-19(20)22(28)26(18)23/h17-18H,1-16H2,(H,24,27). The van der Waals surface area contributed by atoms with Crippen molar-refractivity contribution in [1.82, 2.24) is 14.9 Å². The van der Waals surface area contributed by atoms with E-state index in [4.69, 9.17) is 4.98 Å². The monoisotopic (exact) mass is 417 g/mol. The van der Waals surface area contributed by atoms with Crippen LogP contribution in [0.4, 0.5) is 0 Å². The topological polar surface area (TPSA) is 64.0 Å². The first-order chi connectivity index (χ1) is 14.2. The molecular formula is C23H35N3O2S. The van der Waals surface area contributed by atoms with Crippen molar-refractivity contribution in [2.75, 3.05) is 5.75 Å². The van der Waals surface area contributed by atoms with Crippen LogP contribution in [-0.2, 0) is 17.6 Å². The molecule has 0 aromatic carbocycles. The third-order valence-corrected chi connectivity index (χ3v) is 7.86. The lowest BCUT2D eigenvalue weighted by Crippen LogP contribution is -2.37. The summed E-state index contributed by atoms with van der Waals surface area (Å²) < 4.78 is 1.81. The maximum absolute atomic E-state index is 12.9. The molecule has 1 fully saturated rings. The van der Waals surface area contributed by atoms with E-state index >= 15 is 0 Å². The zero-order chi connectivity index (χ0) is 20.1. The molecule has 1 atom stereocenters. The number of amides is 1. The number of hydrogen-bond donors (Lipinski definition) is 1. The Morgan fingerprint density at radius 1 is 0.966 bits per heavy atom. The van der Waals surface area contributed by atoms with Gasteiger partial charge in [-0.2, -0.15) is 0 Å². The Labute approximate surface area is 178 Å². The number of carbonyl (C=O) groups is 1. The summed E-state index contributed by atoms with van der Waals surface area (Å²) in [5, 5.41) is 4.14. The molecule has 6 heteroatoms. The van der Waals surface area contributed by atoms with Crippen LogP contribution in [0.1, 0.15) is 101 Å². The van der Waals surface area contributed by atoms with Crippen LogP contribution in [0.15, 0.2) is 9.95 Å². The highest BCUT2D eigenvalue weighted by Gasteiger charge is 2.31. The third kappa shape index (κ3) is 5.25. The quantitative estimate of drug-likeness (QED) is 0.733. The van der Waals surface area contributed by atoms with Gasteiger partial charge in [0.05, 0.1) is 11.7 Å². The Bertz CT molecular complexity index is 764. The molecule has 160 valence electrons. The van der Waals surface area contributed by atoms with E-state index in [-0.39, 0.29) is 17.5 Å².